The van der Waals surface area contributed by atoms with E-state index in [9.17, 15) is 0 Å². The van der Waals surface area contributed by atoms with Crippen molar-refractivity contribution in [2.45, 2.75) is 13.5 Å². The summed E-state index contributed by atoms with van der Waals surface area (Å²) >= 11 is 7.74. The minimum atomic E-state index is 0.446. The molecule has 3 rings (SSSR count). The zero-order chi connectivity index (χ0) is 13.9. The van der Waals surface area contributed by atoms with Crippen LogP contribution in [0.4, 0.5) is 5.69 Å². The molecule has 0 bridgehead atoms. The molecule has 0 spiro atoms. The second kappa shape index (κ2) is 5.64. The van der Waals surface area contributed by atoms with E-state index in [0.717, 1.165) is 16.1 Å². The molecule has 0 aliphatic rings. The number of aryl methyl sites for hydroxylation is 1. The third-order valence-electron chi connectivity index (χ3n) is 2.76. The van der Waals surface area contributed by atoms with Gasteiger partial charge in [0.15, 0.2) is 0 Å². The minimum Gasteiger partial charge on any atom is -0.375 e. The molecule has 0 unspecified atom stereocenters. The largest absolute Gasteiger partial charge is 0.375 e. The SMILES string of the molecule is Cc1ccc(NCc2nc(-c3cccs3)no2)c(Cl)c1. The Labute approximate surface area is 125 Å². The molecule has 0 aliphatic carbocycles. The molecule has 0 aliphatic heterocycles. The van der Waals surface area contributed by atoms with Gasteiger partial charge in [-0.05, 0) is 36.1 Å². The van der Waals surface area contributed by atoms with Crippen LogP contribution in [-0.4, -0.2) is 10.1 Å². The number of benzene rings is 1. The number of anilines is 1. The molecule has 0 fully saturated rings. The Balaban J connectivity index is 1.70. The second-order valence-electron chi connectivity index (χ2n) is 4.33. The molecule has 6 heteroatoms. The van der Waals surface area contributed by atoms with Crippen LogP contribution >= 0.6 is 22.9 Å². The maximum Gasteiger partial charge on any atom is 0.246 e. The Kier molecular flexibility index (Phi) is 3.71. The van der Waals surface area contributed by atoms with E-state index in [-0.39, 0.29) is 0 Å². The Morgan fingerprint density at radius 2 is 2.25 bits per heavy atom. The Morgan fingerprint density at radius 1 is 1.35 bits per heavy atom. The number of halogens is 1. The number of rotatable bonds is 4. The molecule has 0 saturated carbocycles. The fraction of sp³-hybridized carbons (Fsp3) is 0.143. The highest BCUT2D eigenvalue weighted by molar-refractivity contribution is 7.13. The molecule has 1 N–H and O–H groups in total. The van der Waals surface area contributed by atoms with Crippen molar-refractivity contribution in [3.05, 3.63) is 52.2 Å². The van der Waals surface area contributed by atoms with E-state index in [1.807, 2.05) is 42.6 Å². The lowest BCUT2D eigenvalue weighted by Crippen LogP contribution is -2.00. The maximum absolute atomic E-state index is 6.15. The first kappa shape index (κ1) is 13.1. The summed E-state index contributed by atoms with van der Waals surface area (Å²) in [4.78, 5) is 5.34. The van der Waals surface area contributed by atoms with Crippen molar-refractivity contribution in [3.63, 3.8) is 0 Å². The molecule has 20 heavy (non-hydrogen) atoms. The first-order valence-electron chi connectivity index (χ1n) is 6.09. The molecule has 0 radical (unpaired) electrons. The molecule has 3 aromatic rings. The van der Waals surface area contributed by atoms with Crippen LogP contribution in [0.2, 0.25) is 5.02 Å². The zero-order valence-corrected chi connectivity index (χ0v) is 12.3. The highest BCUT2D eigenvalue weighted by Gasteiger charge is 2.09. The van der Waals surface area contributed by atoms with Crippen LogP contribution in [0, 0.1) is 6.92 Å². The highest BCUT2D eigenvalue weighted by atomic mass is 35.5. The van der Waals surface area contributed by atoms with Gasteiger partial charge in [0.05, 0.1) is 22.1 Å². The van der Waals surface area contributed by atoms with Gasteiger partial charge >= 0.3 is 0 Å². The van der Waals surface area contributed by atoms with E-state index in [1.54, 1.807) is 11.3 Å². The van der Waals surface area contributed by atoms with E-state index < -0.39 is 0 Å². The number of hydrogen-bond donors (Lipinski definition) is 1. The average Bonchev–Trinajstić information content (AvgIpc) is 3.08. The molecule has 102 valence electrons. The number of thiophene rings is 1. The highest BCUT2D eigenvalue weighted by Crippen LogP contribution is 2.24. The van der Waals surface area contributed by atoms with Crippen molar-refractivity contribution < 1.29 is 4.52 Å². The summed E-state index contributed by atoms with van der Waals surface area (Å²) in [6.07, 6.45) is 0. The monoisotopic (exact) mass is 305 g/mol. The molecule has 0 saturated heterocycles. The summed E-state index contributed by atoms with van der Waals surface area (Å²) in [5, 5.41) is 9.81. The van der Waals surface area contributed by atoms with Crippen molar-refractivity contribution in [1.82, 2.24) is 10.1 Å². The molecule has 2 heterocycles. The normalized spacial score (nSPS) is 10.7. The fourth-order valence-electron chi connectivity index (χ4n) is 1.77. The smallest absolute Gasteiger partial charge is 0.246 e. The van der Waals surface area contributed by atoms with Crippen LogP contribution < -0.4 is 5.32 Å². The lowest BCUT2D eigenvalue weighted by molar-refractivity contribution is 0.384. The third-order valence-corrected chi connectivity index (χ3v) is 3.94. The Morgan fingerprint density at radius 3 is 3.00 bits per heavy atom. The molecular formula is C14H12ClN3OS. The topological polar surface area (TPSA) is 51.0 Å². The molecule has 4 nitrogen and oxygen atoms in total. The van der Waals surface area contributed by atoms with Gasteiger partial charge in [-0.1, -0.05) is 28.9 Å². The van der Waals surface area contributed by atoms with Crippen molar-refractivity contribution in [2.24, 2.45) is 0 Å². The number of nitrogens with one attached hydrogen (secondary N) is 1. The fourth-order valence-corrected chi connectivity index (χ4v) is 2.72. The van der Waals surface area contributed by atoms with Crippen LogP contribution in [0.25, 0.3) is 10.7 Å². The third kappa shape index (κ3) is 2.84. The summed E-state index contributed by atoms with van der Waals surface area (Å²) in [5.41, 5.74) is 1.98. The van der Waals surface area contributed by atoms with Crippen LogP contribution in [0.5, 0.6) is 0 Å². The lowest BCUT2D eigenvalue weighted by Gasteiger charge is -2.06. The first-order valence-corrected chi connectivity index (χ1v) is 7.34. The summed E-state index contributed by atoms with van der Waals surface area (Å²) in [5.74, 6) is 1.15. The van der Waals surface area contributed by atoms with E-state index in [4.69, 9.17) is 16.1 Å². The van der Waals surface area contributed by atoms with Gasteiger partial charge < -0.3 is 9.84 Å². The van der Waals surface area contributed by atoms with E-state index >= 15 is 0 Å². The summed E-state index contributed by atoms with van der Waals surface area (Å²) in [6.45, 7) is 2.45. The quantitative estimate of drug-likeness (QED) is 0.777. The van der Waals surface area contributed by atoms with Crippen LogP contribution in [0.3, 0.4) is 0 Å². The molecule has 0 amide bonds. The van der Waals surface area contributed by atoms with Crippen molar-refractivity contribution >= 4 is 28.6 Å². The molecular weight excluding hydrogens is 294 g/mol. The Hall–Kier alpha value is -1.85. The predicted octanol–water partition coefficient (Wildman–Crippen LogP) is 4.37. The van der Waals surface area contributed by atoms with Gasteiger partial charge in [-0.25, -0.2) is 0 Å². The number of hydrogen-bond acceptors (Lipinski definition) is 5. The van der Waals surface area contributed by atoms with Gasteiger partial charge in [-0.2, -0.15) is 4.98 Å². The van der Waals surface area contributed by atoms with Crippen molar-refractivity contribution in [1.29, 1.82) is 0 Å². The number of aromatic nitrogens is 2. The maximum atomic E-state index is 6.15. The van der Waals surface area contributed by atoms with E-state index in [1.165, 1.54) is 0 Å². The Bertz CT molecular complexity index is 709. The van der Waals surface area contributed by atoms with Gasteiger partial charge in [0.25, 0.3) is 0 Å². The predicted molar refractivity (Wildman–Crippen MR) is 81.1 cm³/mol. The van der Waals surface area contributed by atoms with Crippen molar-refractivity contribution in [3.8, 4) is 10.7 Å². The van der Waals surface area contributed by atoms with Crippen LogP contribution in [-0.2, 0) is 6.54 Å². The van der Waals surface area contributed by atoms with E-state index in [0.29, 0.717) is 23.3 Å². The zero-order valence-electron chi connectivity index (χ0n) is 10.8. The van der Waals surface area contributed by atoms with Crippen molar-refractivity contribution in [2.75, 3.05) is 5.32 Å². The van der Waals surface area contributed by atoms with Gasteiger partial charge in [-0.3, -0.25) is 0 Å². The molecule has 0 atom stereocenters. The number of nitrogens with zero attached hydrogens (tertiary/aromatic N) is 2. The van der Waals surface area contributed by atoms with Crippen LogP contribution in [0.1, 0.15) is 11.5 Å². The standard InChI is InChI=1S/C14H12ClN3OS/c1-9-4-5-11(10(15)7-9)16-8-13-17-14(18-19-13)12-3-2-6-20-12/h2-7,16H,8H2,1H3. The summed E-state index contributed by atoms with van der Waals surface area (Å²) in [6, 6.07) is 9.77. The minimum absolute atomic E-state index is 0.446. The first-order chi connectivity index (χ1) is 9.72. The van der Waals surface area contributed by atoms with Crippen LogP contribution in [0.15, 0.2) is 40.2 Å². The summed E-state index contributed by atoms with van der Waals surface area (Å²) < 4.78 is 5.21. The van der Waals surface area contributed by atoms with Gasteiger partial charge in [0.1, 0.15) is 0 Å². The molecule has 2 aromatic heterocycles. The second-order valence-corrected chi connectivity index (χ2v) is 5.68. The van der Waals surface area contributed by atoms with Gasteiger partial charge in [0.2, 0.25) is 11.7 Å². The average molecular weight is 306 g/mol. The van der Waals surface area contributed by atoms with E-state index in [2.05, 4.69) is 15.5 Å². The van der Waals surface area contributed by atoms with Gasteiger partial charge in [-0.15, -0.1) is 11.3 Å². The van der Waals surface area contributed by atoms with Gasteiger partial charge in [0, 0.05) is 0 Å². The summed E-state index contributed by atoms with van der Waals surface area (Å²) in [7, 11) is 0. The lowest BCUT2D eigenvalue weighted by atomic mass is 10.2. The molecule has 1 aromatic carbocycles.